The standard InChI is InChI=1S/C26H23F3N4O6/c1-37-18-10-8-17(9-11-18)31-24(35)25(36)33-30-14-16-7-12-21(22(13-16)38-2)39-15-23(34)32-20-6-4-3-5-19(20)26(27,28)29/h3-14H,15H2,1-2H3,(H,31,35)(H,32,34)(H,33,36)/b30-14-. The van der Waals surface area contributed by atoms with Gasteiger partial charge in [0, 0.05) is 5.69 Å². The summed E-state index contributed by atoms with van der Waals surface area (Å²) in [5, 5.41) is 8.32. The summed E-state index contributed by atoms with van der Waals surface area (Å²) in [7, 11) is 2.84. The average Bonchev–Trinajstić information content (AvgIpc) is 2.92. The number of alkyl halides is 3. The molecule has 0 bridgehead atoms. The first kappa shape index (κ1) is 28.5. The van der Waals surface area contributed by atoms with E-state index in [0.29, 0.717) is 17.0 Å². The molecule has 13 heteroatoms. The van der Waals surface area contributed by atoms with Gasteiger partial charge in [0.1, 0.15) is 5.75 Å². The van der Waals surface area contributed by atoms with Crippen LogP contribution in [0.4, 0.5) is 24.5 Å². The normalized spacial score (nSPS) is 11.0. The Morgan fingerprint density at radius 1 is 0.872 bits per heavy atom. The van der Waals surface area contributed by atoms with Crippen molar-refractivity contribution in [2.45, 2.75) is 6.18 Å². The van der Waals surface area contributed by atoms with Gasteiger partial charge in [0.25, 0.3) is 5.91 Å². The van der Waals surface area contributed by atoms with E-state index >= 15 is 0 Å². The number of amides is 3. The number of para-hydroxylation sites is 1. The monoisotopic (exact) mass is 544 g/mol. The molecule has 204 valence electrons. The Labute approximate surface area is 220 Å². The number of anilines is 2. The number of hydrazone groups is 1. The van der Waals surface area contributed by atoms with E-state index in [1.54, 1.807) is 24.3 Å². The Hall–Kier alpha value is -5.07. The van der Waals surface area contributed by atoms with E-state index in [-0.39, 0.29) is 11.5 Å². The van der Waals surface area contributed by atoms with Crippen molar-refractivity contribution < 1.29 is 41.8 Å². The zero-order chi connectivity index (χ0) is 28.4. The number of ether oxygens (including phenoxy) is 3. The van der Waals surface area contributed by atoms with Crippen molar-refractivity contribution in [2.24, 2.45) is 5.10 Å². The number of benzene rings is 3. The predicted molar refractivity (Wildman–Crippen MR) is 136 cm³/mol. The van der Waals surface area contributed by atoms with Crippen molar-refractivity contribution in [3.05, 3.63) is 77.9 Å². The van der Waals surface area contributed by atoms with E-state index in [0.717, 1.165) is 12.1 Å². The van der Waals surface area contributed by atoms with Crippen molar-refractivity contribution >= 4 is 35.3 Å². The molecule has 3 N–H and O–H groups in total. The maximum Gasteiger partial charge on any atom is 0.418 e. The minimum atomic E-state index is -4.63. The molecule has 10 nitrogen and oxygen atoms in total. The molecule has 0 saturated heterocycles. The second-order valence-corrected chi connectivity index (χ2v) is 7.67. The molecular formula is C26H23F3N4O6. The summed E-state index contributed by atoms with van der Waals surface area (Å²) in [5.74, 6) is -1.84. The lowest BCUT2D eigenvalue weighted by atomic mass is 10.1. The minimum Gasteiger partial charge on any atom is -0.497 e. The van der Waals surface area contributed by atoms with Gasteiger partial charge >= 0.3 is 18.0 Å². The summed E-state index contributed by atoms with van der Waals surface area (Å²) in [6, 6.07) is 15.4. The third-order valence-corrected chi connectivity index (χ3v) is 4.99. The van der Waals surface area contributed by atoms with Crippen LogP contribution in [-0.4, -0.2) is 44.8 Å². The van der Waals surface area contributed by atoms with Crippen LogP contribution in [0.3, 0.4) is 0 Å². The third-order valence-electron chi connectivity index (χ3n) is 4.99. The third kappa shape index (κ3) is 8.21. The van der Waals surface area contributed by atoms with E-state index in [1.807, 2.05) is 0 Å². The number of carbonyl (C=O) groups is 3. The SMILES string of the molecule is COc1ccc(NC(=O)C(=O)N/N=C\c2ccc(OCC(=O)Nc3ccccc3C(F)(F)F)c(OC)c2)cc1. The van der Waals surface area contributed by atoms with Gasteiger partial charge in [0.05, 0.1) is 31.7 Å². The number of nitrogens with one attached hydrogen (secondary N) is 3. The molecule has 3 amide bonds. The fraction of sp³-hybridized carbons (Fsp3) is 0.154. The van der Waals surface area contributed by atoms with Gasteiger partial charge in [-0.05, 0) is 60.2 Å². The number of hydrogen-bond acceptors (Lipinski definition) is 7. The number of hydrogen-bond donors (Lipinski definition) is 3. The maximum absolute atomic E-state index is 13.1. The fourth-order valence-electron chi connectivity index (χ4n) is 3.13. The lowest BCUT2D eigenvalue weighted by Crippen LogP contribution is -2.32. The zero-order valence-corrected chi connectivity index (χ0v) is 20.7. The van der Waals surface area contributed by atoms with Crippen LogP contribution in [0.15, 0.2) is 71.8 Å². The molecule has 0 spiro atoms. The van der Waals surface area contributed by atoms with Gasteiger partial charge in [-0.25, -0.2) is 5.43 Å². The molecule has 3 aromatic rings. The van der Waals surface area contributed by atoms with Crippen molar-refractivity contribution in [3.8, 4) is 17.2 Å². The van der Waals surface area contributed by atoms with Gasteiger partial charge in [0.2, 0.25) is 0 Å². The quantitative estimate of drug-likeness (QED) is 0.214. The molecule has 3 rings (SSSR count). The van der Waals surface area contributed by atoms with E-state index in [4.69, 9.17) is 14.2 Å². The minimum absolute atomic E-state index is 0.136. The molecule has 0 aliphatic rings. The van der Waals surface area contributed by atoms with Crippen molar-refractivity contribution in [1.82, 2.24) is 5.43 Å². The van der Waals surface area contributed by atoms with Crippen LogP contribution in [0.25, 0.3) is 0 Å². The number of carbonyl (C=O) groups excluding carboxylic acids is 3. The second-order valence-electron chi connectivity index (χ2n) is 7.67. The highest BCUT2D eigenvalue weighted by atomic mass is 19.4. The molecule has 3 aromatic carbocycles. The first-order valence-corrected chi connectivity index (χ1v) is 11.2. The lowest BCUT2D eigenvalue weighted by molar-refractivity contribution is -0.137. The highest BCUT2D eigenvalue weighted by molar-refractivity contribution is 6.39. The summed E-state index contributed by atoms with van der Waals surface area (Å²) in [6.07, 6.45) is -3.39. The molecule has 0 atom stereocenters. The Kier molecular flexibility index (Phi) is 9.46. The van der Waals surface area contributed by atoms with Gasteiger partial charge in [-0.2, -0.15) is 18.3 Å². The molecule has 0 saturated carbocycles. The number of rotatable bonds is 9. The summed E-state index contributed by atoms with van der Waals surface area (Å²) in [6.45, 7) is -0.588. The zero-order valence-electron chi connectivity index (χ0n) is 20.7. The molecule has 0 aromatic heterocycles. The van der Waals surface area contributed by atoms with Crippen LogP contribution >= 0.6 is 0 Å². The summed E-state index contributed by atoms with van der Waals surface area (Å²) < 4.78 is 55.0. The van der Waals surface area contributed by atoms with Gasteiger partial charge in [0.15, 0.2) is 18.1 Å². The van der Waals surface area contributed by atoms with Crippen LogP contribution in [0.2, 0.25) is 0 Å². The predicted octanol–water partition coefficient (Wildman–Crippen LogP) is 3.83. The number of nitrogens with zero attached hydrogens (tertiary/aromatic N) is 1. The summed E-state index contributed by atoms with van der Waals surface area (Å²) in [5.41, 5.74) is 1.55. The van der Waals surface area contributed by atoms with Crippen LogP contribution in [0.1, 0.15) is 11.1 Å². The smallest absolute Gasteiger partial charge is 0.418 e. The molecule has 0 fully saturated rings. The van der Waals surface area contributed by atoms with Crippen LogP contribution in [0, 0.1) is 0 Å². The fourth-order valence-corrected chi connectivity index (χ4v) is 3.13. The van der Waals surface area contributed by atoms with E-state index in [1.165, 1.54) is 50.8 Å². The molecule has 39 heavy (non-hydrogen) atoms. The number of methoxy groups -OCH3 is 2. The van der Waals surface area contributed by atoms with Gasteiger partial charge in [-0.1, -0.05) is 12.1 Å². The molecule has 0 unspecified atom stereocenters. The molecule has 0 radical (unpaired) electrons. The number of halogens is 3. The van der Waals surface area contributed by atoms with Gasteiger partial charge < -0.3 is 24.8 Å². The maximum atomic E-state index is 13.1. The van der Waals surface area contributed by atoms with E-state index in [9.17, 15) is 27.6 Å². The van der Waals surface area contributed by atoms with Crippen molar-refractivity contribution in [2.75, 3.05) is 31.5 Å². The molecule has 0 heterocycles. The summed E-state index contributed by atoms with van der Waals surface area (Å²) >= 11 is 0. The second kappa shape index (κ2) is 12.9. The van der Waals surface area contributed by atoms with Crippen LogP contribution in [0.5, 0.6) is 17.2 Å². The topological polar surface area (TPSA) is 127 Å². The first-order chi connectivity index (χ1) is 18.6. The first-order valence-electron chi connectivity index (χ1n) is 11.2. The Bertz CT molecular complexity index is 1360. The van der Waals surface area contributed by atoms with Crippen molar-refractivity contribution in [3.63, 3.8) is 0 Å². The van der Waals surface area contributed by atoms with Crippen LogP contribution < -0.4 is 30.3 Å². The lowest BCUT2D eigenvalue weighted by Gasteiger charge is -2.14. The van der Waals surface area contributed by atoms with E-state index in [2.05, 4.69) is 21.2 Å². The van der Waals surface area contributed by atoms with Crippen molar-refractivity contribution in [1.29, 1.82) is 0 Å². The largest absolute Gasteiger partial charge is 0.497 e. The Morgan fingerprint density at radius 2 is 1.59 bits per heavy atom. The molecular weight excluding hydrogens is 521 g/mol. The molecule has 0 aliphatic carbocycles. The Morgan fingerprint density at radius 3 is 2.26 bits per heavy atom. The Balaban J connectivity index is 1.54. The van der Waals surface area contributed by atoms with E-state index < -0.39 is 41.8 Å². The average molecular weight is 544 g/mol. The van der Waals surface area contributed by atoms with Gasteiger partial charge in [-0.3, -0.25) is 14.4 Å². The van der Waals surface area contributed by atoms with Crippen LogP contribution in [-0.2, 0) is 20.6 Å². The highest BCUT2D eigenvalue weighted by Gasteiger charge is 2.33. The summed E-state index contributed by atoms with van der Waals surface area (Å²) in [4.78, 5) is 36.2. The highest BCUT2D eigenvalue weighted by Crippen LogP contribution is 2.34. The molecule has 0 aliphatic heterocycles. The van der Waals surface area contributed by atoms with Gasteiger partial charge in [-0.15, -0.1) is 0 Å².